The average Bonchev–Trinajstić information content (AvgIpc) is 2.38. The second-order valence-electron chi connectivity index (χ2n) is 4.28. The van der Waals surface area contributed by atoms with Crippen molar-refractivity contribution in [1.29, 1.82) is 0 Å². The summed E-state index contributed by atoms with van der Waals surface area (Å²) in [5, 5.41) is 4.90. The highest BCUT2D eigenvalue weighted by Gasteiger charge is 2.30. The number of hydrogen-bond acceptors (Lipinski definition) is 2. The van der Waals surface area contributed by atoms with E-state index in [-0.39, 0.29) is 18.1 Å². The maximum Gasteiger partial charge on any atom is 0.416 e. The first kappa shape index (κ1) is 14.2. The molecule has 2 N–H and O–H groups in total. The summed E-state index contributed by atoms with van der Waals surface area (Å²) < 4.78 is 37.6. The van der Waals surface area contributed by atoms with E-state index in [1.165, 1.54) is 17.0 Å². The second-order valence-corrected chi connectivity index (χ2v) is 4.28. The van der Waals surface area contributed by atoms with Crippen molar-refractivity contribution in [3.05, 3.63) is 29.8 Å². The van der Waals surface area contributed by atoms with E-state index in [9.17, 15) is 22.8 Å². The van der Waals surface area contributed by atoms with Crippen LogP contribution in [0.3, 0.4) is 0 Å². The van der Waals surface area contributed by atoms with E-state index in [1.807, 2.05) is 0 Å². The molecule has 8 heteroatoms. The molecule has 3 amide bonds. The summed E-state index contributed by atoms with van der Waals surface area (Å²) in [6.07, 6.45) is -4.47. The largest absolute Gasteiger partial charge is 0.416 e. The number of nitrogens with zero attached hydrogens (tertiary/aromatic N) is 1. The molecule has 5 nitrogen and oxygen atoms in total. The van der Waals surface area contributed by atoms with E-state index in [2.05, 4.69) is 10.6 Å². The Balaban J connectivity index is 2.06. The molecule has 1 heterocycles. The summed E-state index contributed by atoms with van der Waals surface area (Å²) in [7, 11) is 0. The second kappa shape index (κ2) is 5.40. The third-order valence-electron chi connectivity index (χ3n) is 2.77. The van der Waals surface area contributed by atoms with Gasteiger partial charge in [0.2, 0.25) is 5.91 Å². The molecule has 1 aliphatic rings. The summed E-state index contributed by atoms with van der Waals surface area (Å²) in [6.45, 7) is 0.538. The van der Waals surface area contributed by atoms with E-state index in [4.69, 9.17) is 0 Å². The molecule has 0 saturated carbocycles. The maximum atomic E-state index is 12.5. The van der Waals surface area contributed by atoms with Crippen molar-refractivity contribution in [3.63, 3.8) is 0 Å². The van der Waals surface area contributed by atoms with Crippen molar-refractivity contribution >= 4 is 17.6 Å². The first-order valence-corrected chi connectivity index (χ1v) is 5.86. The Morgan fingerprint density at radius 1 is 1.35 bits per heavy atom. The van der Waals surface area contributed by atoms with Crippen molar-refractivity contribution in [2.75, 3.05) is 25.0 Å². The molecule has 0 aliphatic carbocycles. The van der Waals surface area contributed by atoms with Gasteiger partial charge in [0.05, 0.1) is 5.56 Å². The fourth-order valence-electron chi connectivity index (χ4n) is 1.79. The van der Waals surface area contributed by atoms with E-state index in [0.717, 1.165) is 12.1 Å². The molecule has 1 saturated heterocycles. The lowest BCUT2D eigenvalue weighted by Gasteiger charge is -2.26. The number of carbonyl (C=O) groups is 2. The number of nitrogens with one attached hydrogen (secondary N) is 2. The molecule has 0 bridgehead atoms. The lowest BCUT2D eigenvalue weighted by Crippen LogP contribution is -2.51. The van der Waals surface area contributed by atoms with Crippen molar-refractivity contribution in [2.24, 2.45) is 0 Å². The van der Waals surface area contributed by atoms with Crippen molar-refractivity contribution in [2.45, 2.75) is 6.18 Å². The van der Waals surface area contributed by atoms with Crippen LogP contribution in [-0.2, 0) is 11.0 Å². The van der Waals surface area contributed by atoms with Crippen molar-refractivity contribution in [3.8, 4) is 0 Å². The maximum absolute atomic E-state index is 12.5. The number of hydrogen-bond donors (Lipinski definition) is 2. The number of rotatable bonds is 1. The quantitative estimate of drug-likeness (QED) is 0.825. The average molecular weight is 287 g/mol. The van der Waals surface area contributed by atoms with Crippen molar-refractivity contribution in [1.82, 2.24) is 10.2 Å². The van der Waals surface area contributed by atoms with Crippen LogP contribution in [0.25, 0.3) is 0 Å². The molecule has 0 radical (unpaired) electrons. The highest BCUT2D eigenvalue weighted by molar-refractivity contribution is 5.93. The van der Waals surface area contributed by atoms with E-state index in [1.54, 1.807) is 0 Å². The zero-order valence-corrected chi connectivity index (χ0v) is 10.3. The van der Waals surface area contributed by atoms with Gasteiger partial charge in [-0.15, -0.1) is 0 Å². The van der Waals surface area contributed by atoms with Crippen molar-refractivity contribution < 1.29 is 22.8 Å². The van der Waals surface area contributed by atoms with Crippen LogP contribution in [0.2, 0.25) is 0 Å². The van der Waals surface area contributed by atoms with E-state index < -0.39 is 17.8 Å². The van der Waals surface area contributed by atoms with Gasteiger partial charge < -0.3 is 15.5 Å². The molecular weight excluding hydrogens is 275 g/mol. The van der Waals surface area contributed by atoms with Gasteiger partial charge in [-0.2, -0.15) is 13.2 Å². The Hall–Kier alpha value is -2.25. The van der Waals surface area contributed by atoms with E-state index >= 15 is 0 Å². The zero-order chi connectivity index (χ0) is 14.8. The van der Waals surface area contributed by atoms with Crippen LogP contribution in [-0.4, -0.2) is 36.5 Å². The van der Waals surface area contributed by atoms with Gasteiger partial charge in [-0.25, -0.2) is 4.79 Å². The van der Waals surface area contributed by atoms with Crippen LogP contribution < -0.4 is 10.6 Å². The first-order chi connectivity index (χ1) is 9.36. The number of urea groups is 1. The van der Waals surface area contributed by atoms with Crippen LogP contribution in [0, 0.1) is 0 Å². The molecule has 20 heavy (non-hydrogen) atoms. The molecule has 2 rings (SSSR count). The van der Waals surface area contributed by atoms with E-state index in [0.29, 0.717) is 13.1 Å². The number of benzene rings is 1. The lowest BCUT2D eigenvalue weighted by atomic mass is 10.2. The first-order valence-electron chi connectivity index (χ1n) is 5.86. The molecule has 1 aliphatic heterocycles. The van der Waals surface area contributed by atoms with Gasteiger partial charge in [0.15, 0.2) is 0 Å². The molecule has 1 aromatic carbocycles. The fraction of sp³-hybridized carbons (Fsp3) is 0.333. The van der Waals surface area contributed by atoms with Gasteiger partial charge in [0.25, 0.3) is 0 Å². The minimum atomic E-state index is -4.47. The summed E-state index contributed by atoms with van der Waals surface area (Å²) in [5.41, 5.74) is -0.803. The molecule has 0 atom stereocenters. The summed E-state index contributed by atoms with van der Waals surface area (Å²) in [4.78, 5) is 24.2. The monoisotopic (exact) mass is 287 g/mol. The van der Waals surface area contributed by atoms with Gasteiger partial charge in [-0.1, -0.05) is 6.07 Å². The van der Waals surface area contributed by atoms with Crippen LogP contribution in [0.15, 0.2) is 24.3 Å². The Kier molecular flexibility index (Phi) is 3.82. The van der Waals surface area contributed by atoms with Gasteiger partial charge in [0, 0.05) is 18.8 Å². The summed E-state index contributed by atoms with van der Waals surface area (Å²) in [6, 6.07) is 3.74. The molecule has 1 aromatic rings. The Morgan fingerprint density at radius 3 is 2.75 bits per heavy atom. The van der Waals surface area contributed by atoms with Crippen LogP contribution in [0.1, 0.15) is 5.56 Å². The van der Waals surface area contributed by atoms with Gasteiger partial charge in [-0.3, -0.25) is 4.79 Å². The molecule has 0 aromatic heterocycles. The zero-order valence-electron chi connectivity index (χ0n) is 10.3. The highest BCUT2D eigenvalue weighted by Crippen LogP contribution is 2.30. The number of carbonyl (C=O) groups excluding carboxylic acids is 2. The van der Waals surface area contributed by atoms with Gasteiger partial charge in [-0.05, 0) is 18.2 Å². The minimum Gasteiger partial charge on any atom is -0.353 e. The predicted octanol–water partition coefficient (Wildman–Crippen LogP) is 1.67. The fourth-order valence-corrected chi connectivity index (χ4v) is 1.79. The molecule has 108 valence electrons. The third-order valence-corrected chi connectivity index (χ3v) is 2.77. The third kappa shape index (κ3) is 3.40. The highest BCUT2D eigenvalue weighted by atomic mass is 19.4. The number of halogens is 3. The molecule has 0 unspecified atom stereocenters. The normalized spacial score (nSPS) is 15.8. The molecule has 0 spiro atoms. The predicted molar refractivity (Wildman–Crippen MR) is 65.0 cm³/mol. The number of amides is 3. The van der Waals surface area contributed by atoms with Gasteiger partial charge >= 0.3 is 12.2 Å². The molecule has 1 fully saturated rings. The van der Waals surface area contributed by atoms with Crippen LogP contribution in [0.4, 0.5) is 23.7 Å². The SMILES string of the molecule is O=C1CN(C(=O)Nc2cccc(C(F)(F)F)c2)CCN1. The Morgan fingerprint density at radius 2 is 2.10 bits per heavy atom. The number of piperazine rings is 1. The smallest absolute Gasteiger partial charge is 0.353 e. The summed E-state index contributed by atoms with van der Waals surface area (Å²) >= 11 is 0. The minimum absolute atomic E-state index is 0.0378. The molecular formula is C12H12F3N3O2. The number of anilines is 1. The lowest BCUT2D eigenvalue weighted by molar-refractivity contribution is -0.137. The summed E-state index contributed by atoms with van der Waals surface area (Å²) in [5.74, 6) is -0.296. The van der Waals surface area contributed by atoms with Crippen LogP contribution in [0.5, 0.6) is 0 Å². The Labute approximate surface area is 112 Å². The Bertz CT molecular complexity index is 531. The van der Waals surface area contributed by atoms with Crippen LogP contribution >= 0.6 is 0 Å². The number of alkyl halides is 3. The van der Waals surface area contributed by atoms with Gasteiger partial charge in [0.1, 0.15) is 6.54 Å². The topological polar surface area (TPSA) is 61.4 Å². The standard InChI is InChI=1S/C12H12F3N3O2/c13-12(14,15)8-2-1-3-9(6-8)17-11(20)18-5-4-16-10(19)7-18/h1-3,6H,4-5,7H2,(H,16,19)(H,17,20).